The largest absolute Gasteiger partial charge is 0.399 e. The molecule has 0 saturated heterocycles. The number of hydrogen-bond acceptors (Lipinski definition) is 6. The van der Waals surface area contributed by atoms with E-state index in [0.29, 0.717) is 17.9 Å². The zero-order valence-electron chi connectivity index (χ0n) is 19.9. The number of rotatable bonds is 5. The molecule has 0 spiro atoms. The van der Waals surface area contributed by atoms with Gasteiger partial charge in [-0.05, 0) is 43.0 Å². The van der Waals surface area contributed by atoms with Crippen molar-refractivity contribution in [1.29, 1.82) is 0 Å². The van der Waals surface area contributed by atoms with Crippen molar-refractivity contribution in [3.63, 3.8) is 0 Å². The van der Waals surface area contributed by atoms with Crippen molar-refractivity contribution in [3.05, 3.63) is 53.6 Å². The molecule has 2 aliphatic carbocycles. The number of sulfonamides is 1. The van der Waals surface area contributed by atoms with E-state index in [4.69, 9.17) is 5.73 Å². The van der Waals surface area contributed by atoms with Gasteiger partial charge in [-0.3, -0.25) is 9.59 Å². The number of nitrogens with two attached hydrogens (primary N) is 1. The highest BCUT2D eigenvalue weighted by Crippen LogP contribution is 2.43. The van der Waals surface area contributed by atoms with Gasteiger partial charge in [0.05, 0.1) is 11.1 Å². The summed E-state index contributed by atoms with van der Waals surface area (Å²) in [6, 6.07) is 11.6. The summed E-state index contributed by atoms with van der Waals surface area (Å²) in [7, 11) is -4.12. The SMILES string of the molecule is CC1(CCCC2CCCCC2)C(=O)C(C2=NS(=O)(=O)c3cc(N)ccc3N2)C(=O)c2ccccc21. The molecule has 1 aliphatic heterocycles. The molecule has 35 heavy (non-hydrogen) atoms. The molecule has 0 radical (unpaired) electrons. The van der Waals surface area contributed by atoms with Crippen molar-refractivity contribution in [1.82, 2.24) is 0 Å². The average Bonchev–Trinajstić information content (AvgIpc) is 2.84. The van der Waals surface area contributed by atoms with Crippen LogP contribution in [0.4, 0.5) is 11.4 Å². The van der Waals surface area contributed by atoms with Crippen LogP contribution >= 0.6 is 0 Å². The van der Waals surface area contributed by atoms with E-state index in [1.54, 1.807) is 18.2 Å². The van der Waals surface area contributed by atoms with Gasteiger partial charge in [-0.1, -0.05) is 69.2 Å². The third-order valence-corrected chi connectivity index (χ3v) is 9.24. The smallest absolute Gasteiger partial charge is 0.286 e. The molecular weight excluding hydrogens is 462 g/mol. The van der Waals surface area contributed by atoms with E-state index < -0.39 is 27.1 Å². The van der Waals surface area contributed by atoms with E-state index in [0.717, 1.165) is 18.4 Å². The van der Waals surface area contributed by atoms with Gasteiger partial charge in [-0.2, -0.15) is 8.42 Å². The number of Topliss-reactive ketones (excluding diaryl/α,β-unsaturated/α-hetero) is 2. The quantitative estimate of drug-likeness (QED) is 0.453. The van der Waals surface area contributed by atoms with Gasteiger partial charge in [-0.25, -0.2) is 0 Å². The van der Waals surface area contributed by atoms with E-state index in [1.165, 1.54) is 44.2 Å². The molecule has 3 N–H and O–H groups in total. The number of nitrogens with zero attached hydrogens (tertiary/aromatic N) is 1. The number of hydrogen-bond donors (Lipinski definition) is 2. The third-order valence-electron chi connectivity index (χ3n) is 7.91. The predicted octanol–water partition coefficient (Wildman–Crippen LogP) is 4.87. The first-order valence-corrected chi connectivity index (χ1v) is 13.8. The Bertz CT molecular complexity index is 1330. The van der Waals surface area contributed by atoms with Gasteiger partial charge in [0, 0.05) is 11.3 Å². The van der Waals surface area contributed by atoms with Gasteiger partial charge >= 0.3 is 0 Å². The zero-order chi connectivity index (χ0) is 24.8. The molecule has 1 fully saturated rings. The van der Waals surface area contributed by atoms with Crippen molar-refractivity contribution in [2.24, 2.45) is 16.2 Å². The summed E-state index contributed by atoms with van der Waals surface area (Å²) >= 11 is 0. The van der Waals surface area contributed by atoms with E-state index in [2.05, 4.69) is 9.71 Å². The second-order valence-electron chi connectivity index (χ2n) is 10.3. The van der Waals surface area contributed by atoms with Crippen LogP contribution in [0, 0.1) is 11.8 Å². The first kappa shape index (κ1) is 23.7. The Morgan fingerprint density at radius 3 is 2.60 bits per heavy atom. The Balaban J connectivity index is 1.50. The molecule has 184 valence electrons. The number of amidine groups is 1. The van der Waals surface area contributed by atoms with Crippen LogP contribution in [0.3, 0.4) is 0 Å². The van der Waals surface area contributed by atoms with Crippen LogP contribution in [0.1, 0.15) is 74.2 Å². The summed E-state index contributed by atoms with van der Waals surface area (Å²) in [6.45, 7) is 1.89. The molecule has 5 rings (SSSR count). The Morgan fingerprint density at radius 1 is 1.09 bits per heavy atom. The maximum Gasteiger partial charge on any atom is 0.286 e. The molecule has 2 aromatic carbocycles. The summed E-state index contributed by atoms with van der Waals surface area (Å²) in [4.78, 5) is 27.5. The number of benzene rings is 2. The maximum atomic E-state index is 14.0. The summed E-state index contributed by atoms with van der Waals surface area (Å²) in [5.74, 6) is -1.46. The molecule has 0 amide bonds. The van der Waals surface area contributed by atoms with E-state index in [-0.39, 0.29) is 27.9 Å². The summed E-state index contributed by atoms with van der Waals surface area (Å²) in [5.41, 5.74) is 6.60. The van der Waals surface area contributed by atoms with E-state index in [1.807, 2.05) is 19.1 Å². The number of nitrogens with one attached hydrogen (secondary N) is 1. The summed E-state index contributed by atoms with van der Waals surface area (Å²) < 4.78 is 29.8. The van der Waals surface area contributed by atoms with Gasteiger partial charge in [0.1, 0.15) is 16.6 Å². The molecule has 0 aromatic heterocycles. The Labute approximate surface area is 206 Å². The predicted molar refractivity (Wildman–Crippen MR) is 136 cm³/mol. The third kappa shape index (κ3) is 4.18. The van der Waals surface area contributed by atoms with Gasteiger partial charge in [0.2, 0.25) is 0 Å². The second kappa shape index (κ2) is 8.90. The highest BCUT2D eigenvalue weighted by Gasteiger charge is 2.51. The Kier molecular flexibility index (Phi) is 6.03. The molecule has 3 aliphatic rings. The number of nitrogen functional groups attached to an aromatic ring is 1. The minimum absolute atomic E-state index is 0.0624. The zero-order valence-corrected chi connectivity index (χ0v) is 20.7. The van der Waals surface area contributed by atoms with Crippen molar-refractivity contribution < 1.29 is 18.0 Å². The lowest BCUT2D eigenvalue weighted by molar-refractivity contribution is -0.125. The summed E-state index contributed by atoms with van der Waals surface area (Å²) in [5, 5.41) is 2.96. The van der Waals surface area contributed by atoms with Crippen molar-refractivity contribution in [2.75, 3.05) is 11.1 Å². The fourth-order valence-corrected chi connectivity index (χ4v) is 7.14. The van der Waals surface area contributed by atoms with Crippen LogP contribution in [0.5, 0.6) is 0 Å². The molecule has 2 atom stereocenters. The van der Waals surface area contributed by atoms with Crippen LogP contribution < -0.4 is 11.1 Å². The van der Waals surface area contributed by atoms with E-state index in [9.17, 15) is 18.0 Å². The van der Waals surface area contributed by atoms with Gasteiger partial charge in [0.25, 0.3) is 10.0 Å². The maximum absolute atomic E-state index is 14.0. The first-order chi connectivity index (χ1) is 16.7. The highest BCUT2D eigenvalue weighted by atomic mass is 32.2. The van der Waals surface area contributed by atoms with Gasteiger partial charge in [0.15, 0.2) is 11.6 Å². The molecule has 2 aromatic rings. The summed E-state index contributed by atoms with van der Waals surface area (Å²) in [6.07, 6.45) is 8.87. The Morgan fingerprint density at radius 2 is 1.83 bits per heavy atom. The number of carbonyl (C=O) groups is 2. The van der Waals surface area contributed by atoms with Crippen LogP contribution in [0.25, 0.3) is 0 Å². The van der Waals surface area contributed by atoms with Gasteiger partial charge in [-0.15, -0.1) is 4.40 Å². The molecule has 1 saturated carbocycles. The normalized spacial score (nSPS) is 25.9. The molecule has 0 bridgehead atoms. The van der Waals surface area contributed by atoms with Crippen molar-refractivity contribution in [3.8, 4) is 0 Å². The van der Waals surface area contributed by atoms with Crippen LogP contribution in [-0.2, 0) is 20.2 Å². The number of ketones is 2. The molecule has 8 heteroatoms. The Hall–Kier alpha value is -3.00. The minimum Gasteiger partial charge on any atom is -0.399 e. The lowest BCUT2D eigenvalue weighted by Crippen LogP contribution is -2.51. The van der Waals surface area contributed by atoms with Crippen LogP contribution in [-0.4, -0.2) is 25.8 Å². The number of anilines is 2. The van der Waals surface area contributed by atoms with Crippen molar-refractivity contribution >= 4 is 38.8 Å². The second-order valence-corrected chi connectivity index (χ2v) is 11.8. The first-order valence-electron chi connectivity index (χ1n) is 12.4. The number of fused-ring (bicyclic) bond motifs is 2. The molecule has 1 heterocycles. The van der Waals surface area contributed by atoms with E-state index >= 15 is 0 Å². The fraction of sp³-hybridized carbons (Fsp3) is 0.444. The van der Waals surface area contributed by atoms with Crippen LogP contribution in [0.2, 0.25) is 0 Å². The topological polar surface area (TPSA) is 119 Å². The number of carbonyl (C=O) groups excluding carboxylic acids is 2. The highest BCUT2D eigenvalue weighted by molar-refractivity contribution is 7.90. The molecule has 2 unspecified atom stereocenters. The average molecular weight is 494 g/mol. The minimum atomic E-state index is -4.12. The lowest BCUT2D eigenvalue weighted by Gasteiger charge is -2.39. The molecular formula is C27H31N3O4S. The standard InChI is InChI=1S/C27H31N3O4S/c1-27(15-7-10-17-8-3-2-4-9-17)20-12-6-5-11-19(20)24(31)23(25(27)32)26-29-21-14-13-18(28)16-22(21)35(33,34)30-26/h5-6,11-14,16-17,23H,2-4,7-10,15,28H2,1H3,(H,29,30). The molecule has 7 nitrogen and oxygen atoms in total. The lowest BCUT2D eigenvalue weighted by atomic mass is 9.63. The van der Waals surface area contributed by atoms with Crippen LogP contribution in [0.15, 0.2) is 51.8 Å². The monoisotopic (exact) mass is 493 g/mol. The van der Waals surface area contributed by atoms with Gasteiger partial charge < -0.3 is 11.1 Å². The van der Waals surface area contributed by atoms with Crippen molar-refractivity contribution in [2.45, 2.75) is 68.6 Å². The fourth-order valence-electron chi connectivity index (χ4n) is 5.95.